The molecule has 0 unspecified atom stereocenters. The number of hydrogen-bond acceptors (Lipinski definition) is 2. The molecule has 0 spiro atoms. The molecule has 1 rings (SSSR count). The largest absolute Gasteiger partial charge is 0.343 e. The molecule has 18 heavy (non-hydrogen) atoms. The van der Waals surface area contributed by atoms with Gasteiger partial charge in [-0.05, 0) is 52.4 Å². The van der Waals surface area contributed by atoms with Crippen LogP contribution in [0.25, 0.3) is 0 Å². The molecule has 1 fully saturated rings. The van der Waals surface area contributed by atoms with Crippen LogP contribution >= 0.6 is 0 Å². The minimum absolute atomic E-state index is 0.0964. The van der Waals surface area contributed by atoms with E-state index in [1.54, 1.807) is 0 Å². The molecule has 0 bridgehead atoms. The maximum atomic E-state index is 12.1. The van der Waals surface area contributed by atoms with Crippen molar-refractivity contribution in [3.63, 3.8) is 0 Å². The monoisotopic (exact) mass is 254 g/mol. The second-order valence-electron chi connectivity index (χ2n) is 6.85. The van der Waals surface area contributed by atoms with Crippen molar-refractivity contribution in [1.29, 1.82) is 0 Å². The third kappa shape index (κ3) is 5.38. The average molecular weight is 254 g/mol. The Bertz CT molecular complexity index is 262. The van der Waals surface area contributed by atoms with Gasteiger partial charge in [-0.3, -0.25) is 4.79 Å². The molecule has 1 amide bonds. The van der Waals surface area contributed by atoms with Crippen molar-refractivity contribution >= 4 is 5.91 Å². The molecule has 1 aliphatic rings. The van der Waals surface area contributed by atoms with Crippen LogP contribution in [0, 0.1) is 5.92 Å². The Morgan fingerprint density at radius 3 is 2.28 bits per heavy atom. The molecule has 1 saturated carbocycles. The fraction of sp³-hybridized carbons (Fsp3) is 0.933. The summed E-state index contributed by atoms with van der Waals surface area (Å²) in [4.78, 5) is 14.1. The van der Waals surface area contributed by atoms with Crippen LogP contribution in [-0.2, 0) is 4.79 Å². The van der Waals surface area contributed by atoms with Gasteiger partial charge in [0, 0.05) is 31.6 Å². The Hall–Kier alpha value is -0.570. The van der Waals surface area contributed by atoms with E-state index in [0.29, 0.717) is 12.5 Å². The highest BCUT2D eigenvalue weighted by Crippen LogP contribution is 2.26. The summed E-state index contributed by atoms with van der Waals surface area (Å²) in [6, 6.07) is 0.475. The number of rotatable bonds is 4. The molecule has 0 radical (unpaired) electrons. The summed E-state index contributed by atoms with van der Waals surface area (Å²) in [5.74, 6) is 1.12. The SMILES string of the molecule is CC1CCC(N(C)C(=O)CCNC(C)(C)C)CC1. The molecule has 0 aromatic carbocycles. The lowest BCUT2D eigenvalue weighted by Crippen LogP contribution is -2.42. The highest BCUT2D eigenvalue weighted by atomic mass is 16.2. The standard InChI is InChI=1S/C15H30N2O/c1-12-6-8-13(9-7-12)17(5)14(18)10-11-16-15(2,3)4/h12-13,16H,6-11H2,1-5H3. The smallest absolute Gasteiger partial charge is 0.223 e. The summed E-state index contributed by atoms with van der Waals surface area (Å²) in [7, 11) is 1.97. The van der Waals surface area contributed by atoms with Gasteiger partial charge in [0.25, 0.3) is 0 Å². The molecule has 0 heterocycles. The molecule has 106 valence electrons. The summed E-state index contributed by atoms with van der Waals surface area (Å²) in [5.41, 5.74) is 0.0964. The average Bonchev–Trinajstić information content (AvgIpc) is 2.27. The minimum atomic E-state index is 0.0964. The van der Waals surface area contributed by atoms with E-state index in [1.165, 1.54) is 25.7 Å². The summed E-state index contributed by atoms with van der Waals surface area (Å²) < 4.78 is 0. The van der Waals surface area contributed by atoms with Crippen molar-refractivity contribution < 1.29 is 4.79 Å². The maximum absolute atomic E-state index is 12.1. The zero-order valence-corrected chi connectivity index (χ0v) is 12.8. The van der Waals surface area contributed by atoms with E-state index in [-0.39, 0.29) is 11.4 Å². The highest BCUT2D eigenvalue weighted by molar-refractivity contribution is 5.76. The first-order chi connectivity index (χ1) is 8.29. The normalized spacial score (nSPS) is 24.9. The van der Waals surface area contributed by atoms with Crippen LogP contribution in [0.2, 0.25) is 0 Å². The molecular formula is C15H30N2O. The van der Waals surface area contributed by atoms with Crippen LogP contribution in [0.15, 0.2) is 0 Å². The van der Waals surface area contributed by atoms with Crippen molar-refractivity contribution in [2.24, 2.45) is 5.92 Å². The molecule has 1 aliphatic carbocycles. The van der Waals surface area contributed by atoms with E-state index in [1.807, 2.05) is 11.9 Å². The van der Waals surface area contributed by atoms with Gasteiger partial charge in [-0.15, -0.1) is 0 Å². The predicted molar refractivity (Wildman–Crippen MR) is 76.6 cm³/mol. The lowest BCUT2D eigenvalue weighted by atomic mass is 9.86. The molecule has 1 N–H and O–H groups in total. The van der Waals surface area contributed by atoms with Gasteiger partial charge >= 0.3 is 0 Å². The van der Waals surface area contributed by atoms with Crippen molar-refractivity contribution in [2.75, 3.05) is 13.6 Å². The Morgan fingerprint density at radius 2 is 1.78 bits per heavy atom. The molecule has 3 nitrogen and oxygen atoms in total. The maximum Gasteiger partial charge on any atom is 0.223 e. The third-order valence-electron chi connectivity index (χ3n) is 3.92. The lowest BCUT2D eigenvalue weighted by molar-refractivity contribution is -0.132. The van der Waals surface area contributed by atoms with E-state index in [0.717, 1.165) is 12.5 Å². The van der Waals surface area contributed by atoms with E-state index in [2.05, 4.69) is 33.0 Å². The Morgan fingerprint density at radius 1 is 1.22 bits per heavy atom. The minimum Gasteiger partial charge on any atom is -0.343 e. The van der Waals surface area contributed by atoms with Crippen LogP contribution in [-0.4, -0.2) is 36.0 Å². The summed E-state index contributed by atoms with van der Waals surface area (Å²) in [6.45, 7) is 9.47. The molecule has 3 heteroatoms. The highest BCUT2D eigenvalue weighted by Gasteiger charge is 2.24. The molecular weight excluding hydrogens is 224 g/mol. The third-order valence-corrected chi connectivity index (χ3v) is 3.92. The second-order valence-corrected chi connectivity index (χ2v) is 6.85. The topological polar surface area (TPSA) is 32.3 Å². The van der Waals surface area contributed by atoms with Crippen molar-refractivity contribution in [2.45, 2.75) is 71.4 Å². The Labute approximate surface area is 112 Å². The predicted octanol–water partition coefficient (Wildman–Crippen LogP) is 2.80. The summed E-state index contributed by atoms with van der Waals surface area (Å²) in [5, 5.41) is 3.37. The number of carbonyl (C=O) groups excluding carboxylic acids is 1. The zero-order valence-electron chi connectivity index (χ0n) is 12.8. The molecule has 0 saturated heterocycles. The summed E-state index contributed by atoms with van der Waals surface area (Å²) >= 11 is 0. The quantitative estimate of drug-likeness (QED) is 0.836. The first-order valence-electron chi connectivity index (χ1n) is 7.30. The number of nitrogens with one attached hydrogen (secondary N) is 1. The zero-order chi connectivity index (χ0) is 13.8. The van der Waals surface area contributed by atoms with Crippen molar-refractivity contribution in [3.8, 4) is 0 Å². The van der Waals surface area contributed by atoms with Gasteiger partial charge in [-0.25, -0.2) is 0 Å². The fourth-order valence-corrected chi connectivity index (χ4v) is 2.55. The molecule has 0 atom stereocenters. The molecule has 0 aromatic heterocycles. The van der Waals surface area contributed by atoms with Gasteiger partial charge < -0.3 is 10.2 Å². The summed E-state index contributed by atoms with van der Waals surface area (Å²) in [6.07, 6.45) is 5.50. The van der Waals surface area contributed by atoms with Crippen LogP contribution in [0.5, 0.6) is 0 Å². The van der Waals surface area contributed by atoms with Gasteiger partial charge in [-0.2, -0.15) is 0 Å². The molecule has 0 aromatic rings. The Kier molecular flexibility index (Phi) is 5.64. The van der Waals surface area contributed by atoms with Crippen LogP contribution in [0.4, 0.5) is 0 Å². The van der Waals surface area contributed by atoms with Crippen LogP contribution in [0.1, 0.15) is 59.8 Å². The van der Waals surface area contributed by atoms with E-state index >= 15 is 0 Å². The van der Waals surface area contributed by atoms with Crippen molar-refractivity contribution in [3.05, 3.63) is 0 Å². The first kappa shape index (κ1) is 15.5. The lowest BCUT2D eigenvalue weighted by Gasteiger charge is -2.34. The van der Waals surface area contributed by atoms with Gasteiger partial charge in [-0.1, -0.05) is 6.92 Å². The van der Waals surface area contributed by atoms with Gasteiger partial charge in [0.15, 0.2) is 0 Å². The van der Waals surface area contributed by atoms with Gasteiger partial charge in [0.05, 0.1) is 0 Å². The van der Waals surface area contributed by atoms with E-state index in [4.69, 9.17) is 0 Å². The number of carbonyl (C=O) groups is 1. The second kappa shape index (κ2) is 6.55. The van der Waals surface area contributed by atoms with Crippen molar-refractivity contribution in [1.82, 2.24) is 10.2 Å². The van der Waals surface area contributed by atoms with Crippen LogP contribution in [0.3, 0.4) is 0 Å². The number of amides is 1. The van der Waals surface area contributed by atoms with E-state index < -0.39 is 0 Å². The Balaban J connectivity index is 2.28. The van der Waals surface area contributed by atoms with Gasteiger partial charge in [0.2, 0.25) is 5.91 Å². The number of hydrogen-bond donors (Lipinski definition) is 1. The van der Waals surface area contributed by atoms with E-state index in [9.17, 15) is 4.79 Å². The first-order valence-corrected chi connectivity index (χ1v) is 7.30. The van der Waals surface area contributed by atoms with Gasteiger partial charge in [0.1, 0.15) is 0 Å². The van der Waals surface area contributed by atoms with Crippen LogP contribution < -0.4 is 5.32 Å². The fourth-order valence-electron chi connectivity index (χ4n) is 2.55. The molecule has 0 aliphatic heterocycles. The number of nitrogens with zero attached hydrogens (tertiary/aromatic N) is 1.